The Hall–Kier alpha value is -3.00. The van der Waals surface area contributed by atoms with Crippen molar-refractivity contribution in [2.24, 2.45) is 0 Å². The van der Waals surface area contributed by atoms with E-state index in [-0.39, 0.29) is 13.0 Å². The molecule has 1 aliphatic rings. The molecule has 0 radical (unpaired) electrons. The normalized spacial score (nSPS) is 22.7. The second-order valence-electron chi connectivity index (χ2n) is 15.8. The summed E-state index contributed by atoms with van der Waals surface area (Å²) in [7, 11) is -5.04. The second-order valence-corrected chi connectivity index (χ2v) is 17.2. The van der Waals surface area contributed by atoms with Crippen LogP contribution >= 0.6 is 7.82 Å². The van der Waals surface area contributed by atoms with Crippen LogP contribution in [0, 0.1) is 0 Å². The number of hydrogen-bond acceptors (Lipinski definition) is 11. The van der Waals surface area contributed by atoms with Crippen LogP contribution in [0.4, 0.5) is 0 Å². The number of esters is 1. The lowest BCUT2D eigenvalue weighted by atomic mass is 9.85. The first-order valence-electron chi connectivity index (χ1n) is 23.7. The van der Waals surface area contributed by atoms with Crippen LogP contribution in [0.5, 0.6) is 0 Å². The number of phosphoric acid groups is 1. The van der Waals surface area contributed by atoms with Crippen LogP contribution in [-0.4, -0.2) is 98.9 Å². The number of carbonyl (C=O) groups is 1. The molecule has 0 spiro atoms. The number of hydrogen-bond donors (Lipinski definition) is 6. The number of allylic oxidation sites excluding steroid dienone is 18. The highest BCUT2D eigenvalue weighted by molar-refractivity contribution is 7.47. The number of rotatable bonds is 38. The molecule has 0 saturated heterocycles. The molecule has 64 heavy (non-hydrogen) atoms. The summed E-state index contributed by atoms with van der Waals surface area (Å²) >= 11 is 0. The van der Waals surface area contributed by atoms with Crippen LogP contribution in [0.25, 0.3) is 0 Å². The van der Waals surface area contributed by atoms with E-state index in [1.807, 2.05) is 0 Å². The minimum Gasteiger partial charge on any atom is -0.457 e. The van der Waals surface area contributed by atoms with Crippen molar-refractivity contribution in [1.29, 1.82) is 0 Å². The average molecular weight is 919 g/mol. The molecule has 364 valence electrons. The molecular weight excluding hydrogens is 836 g/mol. The fraction of sp³-hybridized carbons (Fsp3) is 0.627. The largest absolute Gasteiger partial charge is 0.472 e. The third kappa shape index (κ3) is 31.8. The van der Waals surface area contributed by atoms with Crippen molar-refractivity contribution >= 4 is 13.8 Å². The Morgan fingerprint density at radius 2 is 0.875 bits per heavy atom. The summed E-state index contributed by atoms with van der Waals surface area (Å²) in [6.45, 7) is 3.92. The molecule has 0 heterocycles. The van der Waals surface area contributed by atoms with Gasteiger partial charge in [-0.2, -0.15) is 0 Å². The van der Waals surface area contributed by atoms with Crippen LogP contribution in [0.3, 0.4) is 0 Å². The van der Waals surface area contributed by atoms with Crippen molar-refractivity contribution in [3.8, 4) is 0 Å². The fourth-order valence-corrected chi connectivity index (χ4v) is 7.40. The number of carbonyl (C=O) groups excluding carboxylic acids is 1. The highest BCUT2D eigenvalue weighted by Crippen LogP contribution is 2.47. The van der Waals surface area contributed by atoms with E-state index in [1.165, 1.54) is 0 Å². The van der Waals surface area contributed by atoms with Crippen LogP contribution in [-0.2, 0) is 27.9 Å². The molecule has 6 unspecified atom stereocenters. The minimum atomic E-state index is -5.04. The summed E-state index contributed by atoms with van der Waals surface area (Å²) in [5.41, 5.74) is 0. The summed E-state index contributed by atoms with van der Waals surface area (Å²) in [5.74, 6) is -0.516. The quantitative estimate of drug-likeness (QED) is 0.0149. The Bertz CT molecular complexity index is 1470. The highest BCUT2D eigenvalue weighted by Gasteiger charge is 2.51. The maximum absolute atomic E-state index is 12.8. The Morgan fingerprint density at radius 1 is 0.500 bits per heavy atom. The summed E-state index contributed by atoms with van der Waals surface area (Å²) in [6.07, 6.45) is 44.4. The molecule has 0 amide bonds. The molecule has 1 aliphatic carbocycles. The van der Waals surface area contributed by atoms with E-state index in [2.05, 4.69) is 123 Å². The maximum Gasteiger partial charge on any atom is 0.472 e. The van der Waals surface area contributed by atoms with Gasteiger partial charge in [-0.1, -0.05) is 149 Å². The summed E-state index contributed by atoms with van der Waals surface area (Å²) in [6, 6.07) is 0. The lowest BCUT2D eigenvalue weighted by Crippen LogP contribution is -2.64. The van der Waals surface area contributed by atoms with Gasteiger partial charge in [0.2, 0.25) is 0 Å². The summed E-state index contributed by atoms with van der Waals surface area (Å²) < 4.78 is 34.2. The molecule has 1 saturated carbocycles. The smallest absolute Gasteiger partial charge is 0.457 e. The summed E-state index contributed by atoms with van der Waals surface area (Å²) in [4.78, 5) is 23.2. The van der Waals surface area contributed by atoms with E-state index >= 15 is 0 Å². The molecule has 0 aromatic carbocycles. The molecule has 0 bridgehead atoms. The zero-order valence-corrected chi connectivity index (χ0v) is 39.7. The van der Waals surface area contributed by atoms with Crippen molar-refractivity contribution < 1.29 is 58.3 Å². The van der Waals surface area contributed by atoms with Gasteiger partial charge in [-0.25, -0.2) is 4.57 Å². The monoisotopic (exact) mass is 919 g/mol. The van der Waals surface area contributed by atoms with Crippen molar-refractivity contribution in [1.82, 2.24) is 0 Å². The van der Waals surface area contributed by atoms with Gasteiger partial charge in [0.05, 0.1) is 13.2 Å². The molecular formula is C51H83O12P. The Labute approximate surface area is 385 Å². The first-order chi connectivity index (χ1) is 31.0. The second kappa shape index (κ2) is 40.3. The molecule has 0 aromatic heterocycles. The Kier molecular flexibility index (Phi) is 37.2. The fourth-order valence-electron chi connectivity index (χ4n) is 6.43. The van der Waals surface area contributed by atoms with E-state index in [0.29, 0.717) is 13.0 Å². The van der Waals surface area contributed by atoms with Gasteiger partial charge in [0.1, 0.15) is 42.7 Å². The van der Waals surface area contributed by atoms with Gasteiger partial charge in [0, 0.05) is 13.0 Å². The number of unbranched alkanes of at least 4 members (excludes halogenated alkanes) is 8. The van der Waals surface area contributed by atoms with Crippen molar-refractivity contribution in [2.45, 2.75) is 185 Å². The number of ether oxygens (including phenoxy) is 2. The van der Waals surface area contributed by atoms with Gasteiger partial charge < -0.3 is 39.9 Å². The molecule has 1 fully saturated rings. The van der Waals surface area contributed by atoms with Gasteiger partial charge in [-0.05, 0) is 96.3 Å². The van der Waals surface area contributed by atoms with Crippen molar-refractivity contribution in [3.63, 3.8) is 0 Å². The highest BCUT2D eigenvalue weighted by atomic mass is 31.2. The van der Waals surface area contributed by atoms with Crippen LogP contribution in [0.1, 0.15) is 142 Å². The first-order valence-corrected chi connectivity index (χ1v) is 25.2. The predicted molar refractivity (Wildman–Crippen MR) is 257 cm³/mol. The molecule has 6 N–H and O–H groups in total. The molecule has 1 rings (SSSR count). The predicted octanol–water partition coefficient (Wildman–Crippen LogP) is 10.1. The number of aliphatic hydroxyl groups excluding tert-OH is 5. The number of aliphatic hydroxyl groups is 5. The molecule has 0 aromatic rings. The zero-order chi connectivity index (χ0) is 46.9. The molecule has 6 atom stereocenters. The SMILES string of the molecule is CC/C=C\C/C=C\C/C=C\C/C=C\C/C=C\CCCCCCOCC(COP(=O)(O)OC1C(O)C(O)C(O)C(O)C1O)OC(=O)CCCCCC/C=C\C/C=C\C/C=C\C/C=C\CC. The van der Waals surface area contributed by atoms with Gasteiger partial charge >= 0.3 is 13.8 Å². The molecule has 13 heteroatoms. The summed E-state index contributed by atoms with van der Waals surface area (Å²) in [5, 5.41) is 50.2. The third-order valence-electron chi connectivity index (χ3n) is 10.1. The van der Waals surface area contributed by atoms with Crippen molar-refractivity contribution in [2.75, 3.05) is 19.8 Å². The standard InChI is InChI=1S/C51H83O12P/c1-3-5-7-9-11-13-15-17-19-21-22-23-25-27-29-31-33-35-37-39-41-60-42-44(43-61-64(58,59)63-51-49(56)47(54)46(53)48(55)50(51)57)62-45(52)40-38-36-34-32-30-28-26-24-20-18-16-14-12-10-8-6-4-2/h5-8,11-14,17-20,22-23,26-29,44,46-51,53-57H,3-4,9-10,15-16,21,24-25,30-43H2,1-2H3,(H,58,59)/b7-5-,8-6-,13-11-,14-12-,19-17-,20-18-,23-22-,28-26-,29-27-. The van der Waals surface area contributed by atoms with Gasteiger partial charge in [0.25, 0.3) is 0 Å². The van der Waals surface area contributed by atoms with E-state index in [1.54, 1.807) is 0 Å². The van der Waals surface area contributed by atoms with Crippen LogP contribution in [0.15, 0.2) is 109 Å². The van der Waals surface area contributed by atoms with E-state index < -0.39 is 63.1 Å². The lowest BCUT2D eigenvalue weighted by Gasteiger charge is -2.41. The maximum atomic E-state index is 12.8. The van der Waals surface area contributed by atoms with Crippen LogP contribution < -0.4 is 0 Å². The Morgan fingerprint density at radius 3 is 1.31 bits per heavy atom. The molecule has 12 nitrogen and oxygen atoms in total. The van der Waals surface area contributed by atoms with Gasteiger partial charge in [-0.15, -0.1) is 0 Å². The lowest BCUT2D eigenvalue weighted by molar-refractivity contribution is -0.220. The number of phosphoric ester groups is 1. The van der Waals surface area contributed by atoms with Crippen LogP contribution in [0.2, 0.25) is 0 Å². The Balaban J connectivity index is 2.44. The zero-order valence-electron chi connectivity index (χ0n) is 38.8. The topological polar surface area (TPSA) is 192 Å². The van der Waals surface area contributed by atoms with E-state index in [9.17, 15) is 39.8 Å². The third-order valence-corrected chi connectivity index (χ3v) is 11.1. The molecule has 0 aliphatic heterocycles. The average Bonchev–Trinajstić information content (AvgIpc) is 3.28. The van der Waals surface area contributed by atoms with E-state index in [4.69, 9.17) is 18.5 Å². The van der Waals surface area contributed by atoms with Gasteiger partial charge in [-0.3, -0.25) is 13.8 Å². The van der Waals surface area contributed by atoms with E-state index in [0.717, 1.165) is 116 Å². The van der Waals surface area contributed by atoms with Gasteiger partial charge in [0.15, 0.2) is 0 Å². The first kappa shape index (κ1) is 59.0. The minimum absolute atomic E-state index is 0.112. The van der Waals surface area contributed by atoms with Crippen molar-refractivity contribution in [3.05, 3.63) is 109 Å².